The van der Waals surface area contributed by atoms with Gasteiger partial charge in [0.1, 0.15) is 4.34 Å². The first kappa shape index (κ1) is 14.7. The topological polar surface area (TPSA) is 74.2 Å². The van der Waals surface area contributed by atoms with E-state index in [4.69, 9.17) is 38.2 Å². The molecule has 8 heteroatoms. The molecule has 0 saturated heterocycles. The lowest BCUT2D eigenvalue weighted by Crippen LogP contribution is -2.20. The third-order valence-corrected chi connectivity index (χ3v) is 3.76. The van der Waals surface area contributed by atoms with Crippen LogP contribution in [0.15, 0.2) is 10.6 Å². The summed E-state index contributed by atoms with van der Waals surface area (Å²) in [6.07, 6.45) is 0.0996. The molecule has 2 rings (SSSR count). The van der Waals surface area contributed by atoms with Crippen molar-refractivity contribution in [3.8, 4) is 11.5 Å². The normalized spacial score (nSPS) is 13.2. The van der Waals surface area contributed by atoms with Crippen molar-refractivity contribution < 1.29 is 9.26 Å². The van der Waals surface area contributed by atoms with Crippen molar-refractivity contribution in [1.29, 1.82) is 0 Å². The average molecular weight is 322 g/mol. The van der Waals surface area contributed by atoms with Crippen LogP contribution in [0.1, 0.15) is 25.7 Å². The van der Waals surface area contributed by atoms with Crippen LogP contribution in [-0.4, -0.2) is 22.9 Å². The van der Waals surface area contributed by atoms with Crippen molar-refractivity contribution in [3.63, 3.8) is 0 Å². The van der Waals surface area contributed by atoms with Gasteiger partial charge in [-0.05, 0) is 19.9 Å². The maximum absolute atomic E-state index is 6.02. The van der Waals surface area contributed by atoms with Crippen molar-refractivity contribution >= 4 is 34.5 Å². The van der Waals surface area contributed by atoms with E-state index in [1.54, 1.807) is 6.07 Å². The summed E-state index contributed by atoms with van der Waals surface area (Å²) in [4.78, 5) is 4.21. The molecule has 2 N–H and O–H groups in total. The van der Waals surface area contributed by atoms with E-state index in [0.29, 0.717) is 32.6 Å². The predicted octanol–water partition coefficient (Wildman–Crippen LogP) is 3.53. The van der Waals surface area contributed by atoms with E-state index in [-0.39, 0.29) is 6.10 Å². The van der Waals surface area contributed by atoms with E-state index >= 15 is 0 Å². The van der Waals surface area contributed by atoms with Crippen LogP contribution in [0.25, 0.3) is 11.5 Å². The minimum absolute atomic E-state index is 0.0996. The standard InChI is InChI=1S/C11H13Cl2N3O2S/c1-5(2)17-4-7(14)10-15-11(18-16-10)6-3-8(12)19-9(6)13/h3,5,7H,4,14H2,1-2H3. The van der Waals surface area contributed by atoms with Gasteiger partial charge in [-0.25, -0.2) is 0 Å². The third kappa shape index (κ3) is 3.67. The van der Waals surface area contributed by atoms with E-state index in [1.807, 2.05) is 13.8 Å². The van der Waals surface area contributed by atoms with Crippen molar-refractivity contribution in [2.75, 3.05) is 6.61 Å². The van der Waals surface area contributed by atoms with Gasteiger partial charge in [0.2, 0.25) is 0 Å². The molecule has 0 fully saturated rings. The number of thiophene rings is 1. The zero-order valence-electron chi connectivity index (χ0n) is 10.4. The number of halogens is 2. The van der Waals surface area contributed by atoms with Crippen LogP contribution in [0, 0.1) is 0 Å². The molecule has 0 aliphatic carbocycles. The SMILES string of the molecule is CC(C)OCC(N)c1noc(-c2cc(Cl)sc2Cl)n1. The summed E-state index contributed by atoms with van der Waals surface area (Å²) < 4.78 is 11.6. The Morgan fingerprint density at radius 3 is 2.79 bits per heavy atom. The molecule has 19 heavy (non-hydrogen) atoms. The molecule has 0 bridgehead atoms. The molecule has 1 unspecified atom stereocenters. The van der Waals surface area contributed by atoms with Crippen LogP contribution in [0.2, 0.25) is 8.67 Å². The Bertz CT molecular complexity index is 556. The largest absolute Gasteiger partial charge is 0.377 e. The maximum atomic E-state index is 6.02. The second-order valence-electron chi connectivity index (χ2n) is 4.18. The van der Waals surface area contributed by atoms with Crippen LogP contribution < -0.4 is 5.73 Å². The summed E-state index contributed by atoms with van der Waals surface area (Å²) in [6, 6.07) is 1.25. The summed E-state index contributed by atoms with van der Waals surface area (Å²) in [5, 5.41) is 3.83. The van der Waals surface area contributed by atoms with Crippen molar-refractivity contribution in [2.45, 2.75) is 26.0 Å². The minimum Gasteiger partial charge on any atom is -0.377 e. The fourth-order valence-electron chi connectivity index (χ4n) is 1.35. The lowest BCUT2D eigenvalue weighted by molar-refractivity contribution is 0.0665. The van der Waals surface area contributed by atoms with Crippen LogP contribution in [-0.2, 0) is 4.74 Å². The molecular weight excluding hydrogens is 309 g/mol. The Morgan fingerprint density at radius 1 is 1.47 bits per heavy atom. The summed E-state index contributed by atoms with van der Waals surface area (Å²) in [5.41, 5.74) is 6.53. The molecule has 2 aromatic rings. The molecule has 0 spiro atoms. The number of aromatic nitrogens is 2. The number of ether oxygens (including phenoxy) is 1. The zero-order chi connectivity index (χ0) is 14.0. The molecule has 0 aliphatic heterocycles. The Morgan fingerprint density at radius 2 is 2.21 bits per heavy atom. The van der Waals surface area contributed by atoms with E-state index in [2.05, 4.69) is 10.1 Å². The second kappa shape index (κ2) is 6.19. The highest BCUT2D eigenvalue weighted by molar-refractivity contribution is 7.20. The molecule has 1 atom stereocenters. The van der Waals surface area contributed by atoms with Crippen LogP contribution in [0.3, 0.4) is 0 Å². The fraction of sp³-hybridized carbons (Fsp3) is 0.455. The Labute approximate surface area is 124 Å². The van der Waals surface area contributed by atoms with Gasteiger partial charge in [-0.15, -0.1) is 11.3 Å². The second-order valence-corrected chi connectivity index (χ2v) is 6.47. The summed E-state index contributed by atoms with van der Waals surface area (Å²) in [7, 11) is 0. The van der Waals surface area contributed by atoms with Crippen molar-refractivity contribution in [3.05, 3.63) is 20.6 Å². The van der Waals surface area contributed by atoms with Crippen LogP contribution in [0.5, 0.6) is 0 Å². The van der Waals surface area contributed by atoms with E-state index in [0.717, 1.165) is 0 Å². The van der Waals surface area contributed by atoms with Gasteiger partial charge in [0, 0.05) is 0 Å². The molecule has 0 amide bonds. The molecule has 2 aromatic heterocycles. The number of hydrogen-bond donors (Lipinski definition) is 1. The summed E-state index contributed by atoms with van der Waals surface area (Å²) >= 11 is 13.1. The highest BCUT2D eigenvalue weighted by atomic mass is 35.5. The predicted molar refractivity (Wildman–Crippen MR) is 75.6 cm³/mol. The van der Waals surface area contributed by atoms with E-state index in [9.17, 15) is 0 Å². The lowest BCUT2D eigenvalue weighted by Gasteiger charge is -2.10. The summed E-state index contributed by atoms with van der Waals surface area (Å²) in [6.45, 7) is 4.19. The molecule has 0 aromatic carbocycles. The highest BCUT2D eigenvalue weighted by Crippen LogP contribution is 2.37. The quantitative estimate of drug-likeness (QED) is 0.911. The van der Waals surface area contributed by atoms with E-state index in [1.165, 1.54) is 11.3 Å². The number of nitrogens with zero attached hydrogens (tertiary/aromatic N) is 2. The number of hydrogen-bond acceptors (Lipinski definition) is 6. The average Bonchev–Trinajstić information content (AvgIpc) is 2.92. The van der Waals surface area contributed by atoms with Crippen LogP contribution >= 0.6 is 34.5 Å². The molecule has 2 heterocycles. The smallest absolute Gasteiger partial charge is 0.260 e. The molecular formula is C11H13Cl2N3O2S. The number of rotatable bonds is 5. The van der Waals surface area contributed by atoms with Crippen molar-refractivity contribution in [1.82, 2.24) is 10.1 Å². The summed E-state index contributed by atoms with van der Waals surface area (Å²) in [5.74, 6) is 0.692. The van der Waals surface area contributed by atoms with E-state index < -0.39 is 6.04 Å². The van der Waals surface area contributed by atoms with Crippen LogP contribution in [0.4, 0.5) is 0 Å². The monoisotopic (exact) mass is 321 g/mol. The van der Waals surface area contributed by atoms with Gasteiger partial charge in [-0.2, -0.15) is 4.98 Å². The van der Waals surface area contributed by atoms with Gasteiger partial charge in [0.05, 0.1) is 28.7 Å². The maximum Gasteiger partial charge on any atom is 0.260 e. The van der Waals surface area contributed by atoms with Gasteiger partial charge in [0.15, 0.2) is 5.82 Å². The first-order valence-corrected chi connectivity index (χ1v) is 7.20. The van der Waals surface area contributed by atoms with Gasteiger partial charge in [-0.1, -0.05) is 28.4 Å². The first-order chi connectivity index (χ1) is 8.97. The molecule has 0 aliphatic rings. The van der Waals surface area contributed by atoms with Gasteiger partial charge < -0.3 is 15.0 Å². The first-order valence-electron chi connectivity index (χ1n) is 5.63. The molecule has 0 saturated carbocycles. The third-order valence-electron chi connectivity index (χ3n) is 2.27. The molecule has 5 nitrogen and oxygen atoms in total. The number of nitrogens with two attached hydrogens (primary N) is 1. The van der Waals surface area contributed by atoms with Gasteiger partial charge >= 0.3 is 0 Å². The Kier molecular flexibility index (Phi) is 4.81. The fourth-order valence-corrected chi connectivity index (χ4v) is 2.80. The zero-order valence-corrected chi connectivity index (χ0v) is 12.7. The highest BCUT2D eigenvalue weighted by Gasteiger charge is 2.19. The Hall–Kier alpha value is -0.660. The van der Waals surface area contributed by atoms with Crippen molar-refractivity contribution in [2.24, 2.45) is 5.73 Å². The minimum atomic E-state index is -0.437. The van der Waals surface area contributed by atoms with Gasteiger partial charge in [0.25, 0.3) is 5.89 Å². The lowest BCUT2D eigenvalue weighted by atomic mass is 10.3. The molecule has 104 valence electrons. The molecule has 0 radical (unpaired) electrons. The Balaban J connectivity index is 2.12. The van der Waals surface area contributed by atoms with Gasteiger partial charge in [-0.3, -0.25) is 0 Å².